The van der Waals surface area contributed by atoms with Crippen molar-refractivity contribution in [2.45, 2.75) is 32.9 Å². The zero-order valence-corrected chi connectivity index (χ0v) is 16.7. The summed E-state index contributed by atoms with van der Waals surface area (Å²) in [6.07, 6.45) is 1.77. The van der Waals surface area contributed by atoms with Crippen molar-refractivity contribution < 1.29 is 9.32 Å². The Kier molecular flexibility index (Phi) is 5.46. The van der Waals surface area contributed by atoms with Crippen LogP contribution in [0.15, 0.2) is 34.9 Å². The summed E-state index contributed by atoms with van der Waals surface area (Å²) in [5, 5.41) is 7.44. The maximum absolute atomic E-state index is 13.5. The summed E-state index contributed by atoms with van der Waals surface area (Å²) in [6.45, 7) is 6.70. The topological polar surface area (TPSA) is 74.5 Å². The highest BCUT2D eigenvalue weighted by Gasteiger charge is 2.55. The number of fused-ring (bicyclic) bond motifs is 1. The van der Waals surface area contributed by atoms with Gasteiger partial charge in [-0.2, -0.15) is 4.98 Å². The molecule has 2 aromatic rings. The molecular weight excluding hydrogens is 354 g/mol. The van der Waals surface area contributed by atoms with Crippen molar-refractivity contribution in [3.8, 4) is 0 Å². The molecule has 0 bridgehead atoms. The molecule has 1 aromatic heterocycles. The summed E-state index contributed by atoms with van der Waals surface area (Å²) in [5.41, 5.74) is 0.927. The maximum Gasteiger partial charge on any atom is 0.246 e. The smallest absolute Gasteiger partial charge is 0.246 e. The molecular formula is C21H29N5O2. The molecule has 1 aromatic carbocycles. The van der Waals surface area contributed by atoms with Gasteiger partial charge in [0.05, 0.1) is 12.0 Å². The van der Waals surface area contributed by atoms with E-state index in [1.807, 2.05) is 13.1 Å². The molecule has 2 fully saturated rings. The summed E-state index contributed by atoms with van der Waals surface area (Å²) in [6, 6.07) is 10.5. The average Bonchev–Trinajstić information content (AvgIpc) is 3.37. The Balaban J connectivity index is 1.43. The number of rotatable bonds is 7. The molecule has 0 aliphatic carbocycles. The van der Waals surface area contributed by atoms with Crippen LogP contribution in [0.4, 0.5) is 0 Å². The van der Waals surface area contributed by atoms with Crippen molar-refractivity contribution in [1.29, 1.82) is 0 Å². The predicted octanol–water partition coefficient (Wildman–Crippen LogP) is 1.70. The first-order valence-electron chi connectivity index (χ1n) is 10.1. The fraction of sp³-hybridized carbons (Fsp3) is 0.571. The lowest BCUT2D eigenvalue weighted by atomic mass is 9.79. The molecule has 1 N–H and O–H groups in total. The van der Waals surface area contributed by atoms with Crippen molar-refractivity contribution in [3.05, 3.63) is 47.6 Å². The van der Waals surface area contributed by atoms with Crippen LogP contribution in [-0.4, -0.2) is 59.1 Å². The van der Waals surface area contributed by atoms with Crippen LogP contribution in [0.5, 0.6) is 0 Å². The second-order valence-corrected chi connectivity index (χ2v) is 8.15. The molecule has 3 heterocycles. The molecule has 150 valence electrons. The Morgan fingerprint density at radius 1 is 1.39 bits per heavy atom. The third kappa shape index (κ3) is 3.69. The standard InChI is InChI=1S/C21H29N5O2/c1-3-7-18-23-19(28-24-18)13-25(2)20(27)21-14-22-10-17(21)12-26(15-21)11-16-8-5-4-6-9-16/h4-6,8-9,17,22H,3,7,10-15H2,1-2H3/t17-,21-/m1/s1. The van der Waals surface area contributed by atoms with Crippen LogP contribution < -0.4 is 5.32 Å². The van der Waals surface area contributed by atoms with Gasteiger partial charge in [-0.1, -0.05) is 42.4 Å². The SMILES string of the molecule is CCCc1noc(CN(C)C(=O)[C@@]23CNC[C@@H]2CN(Cc2ccccc2)C3)n1. The van der Waals surface area contributed by atoms with Gasteiger partial charge in [-0.3, -0.25) is 9.69 Å². The Bertz CT molecular complexity index is 808. The van der Waals surface area contributed by atoms with Crippen LogP contribution in [0.1, 0.15) is 30.6 Å². The van der Waals surface area contributed by atoms with E-state index in [9.17, 15) is 4.79 Å². The quantitative estimate of drug-likeness (QED) is 0.785. The van der Waals surface area contributed by atoms with E-state index in [4.69, 9.17) is 4.52 Å². The van der Waals surface area contributed by atoms with Gasteiger partial charge in [-0.15, -0.1) is 0 Å². The second-order valence-electron chi connectivity index (χ2n) is 8.15. The monoisotopic (exact) mass is 383 g/mol. The van der Waals surface area contributed by atoms with Gasteiger partial charge < -0.3 is 14.7 Å². The maximum atomic E-state index is 13.5. The minimum absolute atomic E-state index is 0.174. The zero-order chi connectivity index (χ0) is 19.6. The van der Waals surface area contributed by atoms with Crippen LogP contribution in [0.3, 0.4) is 0 Å². The largest absolute Gasteiger partial charge is 0.337 e. The first kappa shape index (κ1) is 19.1. The van der Waals surface area contributed by atoms with Gasteiger partial charge in [-0.05, 0) is 12.0 Å². The third-order valence-corrected chi connectivity index (χ3v) is 5.97. The molecule has 2 atom stereocenters. The minimum atomic E-state index is -0.365. The molecule has 7 heteroatoms. The van der Waals surface area contributed by atoms with Crippen molar-refractivity contribution in [2.24, 2.45) is 11.3 Å². The predicted molar refractivity (Wildman–Crippen MR) is 105 cm³/mol. The molecule has 2 saturated heterocycles. The Morgan fingerprint density at radius 3 is 3.00 bits per heavy atom. The number of carbonyl (C=O) groups is 1. The van der Waals surface area contributed by atoms with Gasteiger partial charge in [0.25, 0.3) is 0 Å². The molecule has 2 aliphatic rings. The van der Waals surface area contributed by atoms with E-state index < -0.39 is 0 Å². The number of benzene rings is 1. The second kappa shape index (κ2) is 8.01. The Morgan fingerprint density at radius 2 is 2.21 bits per heavy atom. The summed E-state index contributed by atoms with van der Waals surface area (Å²) in [4.78, 5) is 22.0. The van der Waals surface area contributed by atoms with Gasteiger partial charge in [0, 0.05) is 52.1 Å². The van der Waals surface area contributed by atoms with E-state index in [2.05, 4.69) is 51.5 Å². The van der Waals surface area contributed by atoms with Gasteiger partial charge in [0.2, 0.25) is 11.8 Å². The van der Waals surface area contributed by atoms with E-state index in [0.29, 0.717) is 24.2 Å². The molecule has 0 radical (unpaired) electrons. The van der Waals surface area contributed by atoms with E-state index in [-0.39, 0.29) is 11.3 Å². The first-order chi connectivity index (χ1) is 13.6. The van der Waals surface area contributed by atoms with Gasteiger partial charge in [-0.25, -0.2) is 0 Å². The van der Waals surface area contributed by atoms with Crippen molar-refractivity contribution in [1.82, 2.24) is 25.3 Å². The number of aromatic nitrogens is 2. The van der Waals surface area contributed by atoms with Crippen molar-refractivity contribution >= 4 is 5.91 Å². The van der Waals surface area contributed by atoms with Crippen LogP contribution in [0, 0.1) is 11.3 Å². The number of aryl methyl sites for hydroxylation is 1. The van der Waals surface area contributed by atoms with Crippen LogP contribution in [-0.2, 0) is 24.3 Å². The fourth-order valence-electron chi connectivity index (χ4n) is 4.62. The molecule has 0 unspecified atom stereocenters. The first-order valence-corrected chi connectivity index (χ1v) is 10.1. The number of carbonyl (C=O) groups excluding carboxylic acids is 1. The minimum Gasteiger partial charge on any atom is -0.337 e. The highest BCUT2D eigenvalue weighted by molar-refractivity contribution is 5.84. The van der Waals surface area contributed by atoms with Crippen molar-refractivity contribution in [2.75, 3.05) is 33.2 Å². The average molecular weight is 383 g/mol. The Labute approximate surface area is 166 Å². The lowest BCUT2D eigenvalue weighted by molar-refractivity contribution is -0.141. The van der Waals surface area contributed by atoms with Gasteiger partial charge >= 0.3 is 0 Å². The third-order valence-electron chi connectivity index (χ3n) is 5.97. The van der Waals surface area contributed by atoms with Crippen LogP contribution in [0.2, 0.25) is 0 Å². The van der Waals surface area contributed by atoms with E-state index in [1.165, 1.54) is 5.56 Å². The number of hydrogen-bond donors (Lipinski definition) is 1. The summed E-state index contributed by atoms with van der Waals surface area (Å²) < 4.78 is 5.33. The van der Waals surface area contributed by atoms with Crippen LogP contribution >= 0.6 is 0 Å². The summed E-state index contributed by atoms with van der Waals surface area (Å²) >= 11 is 0. The molecule has 2 aliphatic heterocycles. The molecule has 7 nitrogen and oxygen atoms in total. The normalized spacial score (nSPS) is 24.4. The molecule has 4 rings (SSSR count). The summed E-state index contributed by atoms with van der Waals surface area (Å²) in [5.74, 6) is 1.74. The number of hydrogen-bond acceptors (Lipinski definition) is 6. The zero-order valence-electron chi connectivity index (χ0n) is 16.7. The van der Waals surface area contributed by atoms with Gasteiger partial charge in [0.1, 0.15) is 0 Å². The molecule has 28 heavy (non-hydrogen) atoms. The molecule has 0 spiro atoms. The van der Waals surface area contributed by atoms with Crippen molar-refractivity contribution in [3.63, 3.8) is 0 Å². The number of amides is 1. The number of likely N-dealkylation sites (tertiary alicyclic amines) is 1. The summed E-state index contributed by atoms with van der Waals surface area (Å²) in [7, 11) is 1.84. The van der Waals surface area contributed by atoms with E-state index in [0.717, 1.165) is 45.6 Å². The highest BCUT2D eigenvalue weighted by Crippen LogP contribution is 2.41. The number of nitrogens with zero attached hydrogens (tertiary/aromatic N) is 4. The molecule has 0 saturated carbocycles. The van der Waals surface area contributed by atoms with E-state index in [1.54, 1.807) is 4.90 Å². The fourth-order valence-corrected chi connectivity index (χ4v) is 4.62. The van der Waals surface area contributed by atoms with E-state index >= 15 is 0 Å². The number of nitrogens with one attached hydrogen (secondary N) is 1. The Hall–Kier alpha value is -2.25. The highest BCUT2D eigenvalue weighted by atomic mass is 16.5. The lowest BCUT2D eigenvalue weighted by Crippen LogP contribution is -2.47. The molecule has 1 amide bonds. The lowest BCUT2D eigenvalue weighted by Gasteiger charge is -2.31. The van der Waals surface area contributed by atoms with Crippen LogP contribution in [0.25, 0.3) is 0 Å². The van der Waals surface area contributed by atoms with Gasteiger partial charge in [0.15, 0.2) is 5.82 Å².